The first kappa shape index (κ1) is 11.6. The molecule has 0 aliphatic rings. The second kappa shape index (κ2) is 5.25. The Hall–Kier alpha value is -0.433. The zero-order valence-electron chi connectivity index (χ0n) is 7.75. The Kier molecular flexibility index (Phi) is 5.06. The Labute approximate surface area is 72.9 Å². The molecule has 0 bridgehead atoms. The maximum atomic E-state index is 10.3. The summed E-state index contributed by atoms with van der Waals surface area (Å²) in [5.41, 5.74) is 0. The topological polar surface area (TPSA) is 54.0 Å². The van der Waals surface area contributed by atoms with Gasteiger partial charge in [-0.1, -0.05) is 0 Å². The van der Waals surface area contributed by atoms with Crippen LogP contribution in [-0.4, -0.2) is 35.8 Å². The molecule has 0 aliphatic carbocycles. The van der Waals surface area contributed by atoms with E-state index in [0.29, 0.717) is 0 Å². The van der Waals surface area contributed by atoms with E-state index in [0.717, 1.165) is 0 Å². The van der Waals surface area contributed by atoms with Crippen LogP contribution >= 0.6 is 0 Å². The van der Waals surface area contributed by atoms with Crippen molar-refractivity contribution in [1.82, 2.24) is 0 Å². The van der Waals surface area contributed by atoms with Crippen LogP contribution in [0.3, 0.4) is 0 Å². The van der Waals surface area contributed by atoms with Gasteiger partial charge in [-0.25, -0.2) is 0 Å². The molecule has 0 saturated carbocycles. The van der Waals surface area contributed by atoms with Gasteiger partial charge in [0.15, 0.2) is 6.79 Å². The first-order chi connectivity index (χ1) is 5.54. The fourth-order valence-corrected chi connectivity index (χ4v) is 1.10. The molecule has 0 spiro atoms. The molecule has 0 saturated heterocycles. The number of hydrogen-bond acceptors (Lipinski definition) is 5. The second-order valence-corrected chi connectivity index (χ2v) is 5.00. The molecule has 0 rings (SSSR count). The van der Waals surface area contributed by atoms with Crippen molar-refractivity contribution in [2.24, 2.45) is 0 Å². The zero-order valence-corrected chi connectivity index (χ0v) is 8.75. The van der Waals surface area contributed by atoms with Crippen LogP contribution in [-0.2, 0) is 22.8 Å². The van der Waals surface area contributed by atoms with Crippen LogP contribution in [0.5, 0.6) is 0 Å². The lowest BCUT2D eigenvalue weighted by Crippen LogP contribution is -2.41. The van der Waals surface area contributed by atoms with E-state index in [1.165, 1.54) is 21.1 Å². The summed E-state index contributed by atoms with van der Waals surface area (Å²) in [6, 6.07) is 0. The van der Waals surface area contributed by atoms with Crippen molar-refractivity contribution in [2.75, 3.05) is 21.0 Å². The summed E-state index contributed by atoms with van der Waals surface area (Å²) in [7, 11) is 0.438. The molecule has 0 aliphatic heterocycles. The van der Waals surface area contributed by atoms with Gasteiger partial charge in [0.2, 0.25) is 0 Å². The molecule has 0 N–H and O–H groups in total. The quantitative estimate of drug-likeness (QED) is 0.360. The Morgan fingerprint density at radius 3 is 2.17 bits per heavy atom. The lowest BCUT2D eigenvalue weighted by molar-refractivity contribution is -0.149. The molecular weight excluding hydrogens is 180 g/mol. The summed E-state index contributed by atoms with van der Waals surface area (Å²) in [4.78, 5) is 10.3. The average molecular weight is 194 g/mol. The normalized spacial score (nSPS) is 11.3. The van der Waals surface area contributed by atoms with Gasteiger partial charge in [0, 0.05) is 27.7 Å². The highest BCUT2D eigenvalue weighted by Crippen LogP contribution is 2.05. The van der Waals surface area contributed by atoms with E-state index in [1.54, 1.807) is 6.55 Å². The van der Waals surface area contributed by atoms with E-state index in [-0.39, 0.29) is 6.79 Å². The molecule has 0 amide bonds. The molecule has 0 fully saturated rings. The SMILES string of the molecule is CO[Si](C)(OC)OCOC(C)=O. The lowest BCUT2D eigenvalue weighted by atomic mass is 10.8. The van der Waals surface area contributed by atoms with Gasteiger partial charge in [-0.2, -0.15) is 0 Å². The van der Waals surface area contributed by atoms with Crippen LogP contribution in [0.1, 0.15) is 6.92 Å². The molecule has 12 heavy (non-hydrogen) atoms. The van der Waals surface area contributed by atoms with Crippen LogP contribution in [0.15, 0.2) is 0 Å². The van der Waals surface area contributed by atoms with Gasteiger partial charge in [-0.15, -0.1) is 0 Å². The van der Waals surface area contributed by atoms with E-state index < -0.39 is 14.8 Å². The smallest absolute Gasteiger partial charge is 0.440 e. The maximum absolute atomic E-state index is 10.3. The molecule has 5 nitrogen and oxygen atoms in total. The molecule has 0 unspecified atom stereocenters. The van der Waals surface area contributed by atoms with Gasteiger partial charge in [0.05, 0.1) is 0 Å². The Balaban J connectivity index is 3.65. The molecule has 0 aromatic heterocycles. The van der Waals surface area contributed by atoms with Crippen molar-refractivity contribution < 1.29 is 22.8 Å². The third-order valence-corrected chi connectivity index (χ3v) is 3.45. The van der Waals surface area contributed by atoms with Crippen LogP contribution < -0.4 is 0 Å². The monoisotopic (exact) mass is 194 g/mol. The highest BCUT2D eigenvalue weighted by Gasteiger charge is 2.32. The van der Waals surface area contributed by atoms with Gasteiger partial charge in [0.1, 0.15) is 0 Å². The summed E-state index contributed by atoms with van der Waals surface area (Å²) in [6.45, 7) is 2.89. The zero-order chi connectivity index (χ0) is 9.61. The van der Waals surface area contributed by atoms with Gasteiger partial charge < -0.3 is 18.0 Å². The molecule has 0 radical (unpaired) electrons. The molecule has 0 atom stereocenters. The number of esters is 1. The first-order valence-electron chi connectivity index (χ1n) is 3.41. The minimum Gasteiger partial charge on any atom is -0.440 e. The predicted octanol–water partition coefficient (Wildman–Crippen LogP) is 0.385. The van der Waals surface area contributed by atoms with Crippen LogP contribution in [0.25, 0.3) is 0 Å². The van der Waals surface area contributed by atoms with E-state index in [1.807, 2.05) is 0 Å². The van der Waals surface area contributed by atoms with Crippen LogP contribution in [0.2, 0.25) is 6.55 Å². The fourth-order valence-electron chi connectivity index (χ4n) is 0.421. The second-order valence-electron chi connectivity index (χ2n) is 2.17. The third-order valence-electron chi connectivity index (χ3n) is 1.32. The molecule has 6 heteroatoms. The van der Waals surface area contributed by atoms with Gasteiger partial charge in [-0.3, -0.25) is 4.79 Å². The van der Waals surface area contributed by atoms with E-state index >= 15 is 0 Å². The average Bonchev–Trinajstić information content (AvgIpc) is 2.03. The maximum Gasteiger partial charge on any atom is 0.499 e. The molecule has 72 valence electrons. The standard InChI is InChI=1S/C6H14O5Si/c1-6(7)10-5-11-12(4,8-2)9-3/h5H2,1-4H3. The number of carbonyl (C=O) groups is 1. The molecule has 0 heterocycles. The summed E-state index contributed by atoms with van der Waals surface area (Å²) < 4.78 is 19.6. The minimum atomic E-state index is -2.54. The first-order valence-corrected chi connectivity index (χ1v) is 5.64. The van der Waals surface area contributed by atoms with Crippen molar-refractivity contribution in [3.63, 3.8) is 0 Å². The number of rotatable bonds is 5. The largest absolute Gasteiger partial charge is 0.499 e. The van der Waals surface area contributed by atoms with Crippen molar-refractivity contribution in [3.8, 4) is 0 Å². The van der Waals surface area contributed by atoms with E-state index in [9.17, 15) is 4.79 Å². The minimum absolute atomic E-state index is 0.125. The van der Waals surface area contributed by atoms with E-state index in [2.05, 4.69) is 4.74 Å². The Bertz CT molecular complexity index is 145. The number of ether oxygens (including phenoxy) is 1. The van der Waals surface area contributed by atoms with Crippen molar-refractivity contribution >= 4 is 14.8 Å². The van der Waals surface area contributed by atoms with Crippen molar-refractivity contribution in [3.05, 3.63) is 0 Å². The Morgan fingerprint density at radius 2 is 1.83 bits per heavy atom. The highest BCUT2D eigenvalue weighted by molar-refractivity contribution is 6.59. The number of hydrogen-bond donors (Lipinski definition) is 0. The molecular formula is C6H14O5Si. The summed E-state index contributed by atoms with van der Waals surface area (Å²) in [5.74, 6) is -0.390. The van der Waals surface area contributed by atoms with Gasteiger partial charge in [-0.05, 0) is 0 Å². The summed E-state index contributed by atoms with van der Waals surface area (Å²) in [5, 5.41) is 0. The third kappa shape index (κ3) is 4.45. The van der Waals surface area contributed by atoms with Gasteiger partial charge >= 0.3 is 14.8 Å². The highest BCUT2D eigenvalue weighted by atomic mass is 28.4. The summed E-state index contributed by atoms with van der Waals surface area (Å²) in [6.07, 6.45) is 0. The van der Waals surface area contributed by atoms with Crippen LogP contribution in [0, 0.1) is 0 Å². The summed E-state index contributed by atoms with van der Waals surface area (Å²) >= 11 is 0. The predicted molar refractivity (Wildman–Crippen MR) is 43.4 cm³/mol. The van der Waals surface area contributed by atoms with Crippen molar-refractivity contribution in [2.45, 2.75) is 13.5 Å². The van der Waals surface area contributed by atoms with Crippen molar-refractivity contribution in [1.29, 1.82) is 0 Å². The Morgan fingerprint density at radius 1 is 1.33 bits per heavy atom. The number of carbonyl (C=O) groups excluding carboxylic acids is 1. The van der Waals surface area contributed by atoms with Crippen LogP contribution in [0.4, 0.5) is 0 Å². The molecule has 0 aromatic carbocycles. The lowest BCUT2D eigenvalue weighted by Gasteiger charge is -2.21. The van der Waals surface area contributed by atoms with E-state index in [4.69, 9.17) is 13.3 Å². The molecule has 0 aromatic rings. The van der Waals surface area contributed by atoms with Gasteiger partial charge in [0.25, 0.3) is 0 Å². The fraction of sp³-hybridized carbons (Fsp3) is 0.833.